The first-order chi connectivity index (χ1) is 15.7. The summed E-state index contributed by atoms with van der Waals surface area (Å²) in [5.74, 6) is 1.67. The van der Waals surface area contributed by atoms with Crippen molar-refractivity contribution in [3.63, 3.8) is 0 Å². The Morgan fingerprint density at radius 2 is 1.88 bits per heavy atom. The smallest absolute Gasteiger partial charge is 0.315 e. The maximum Gasteiger partial charge on any atom is 0.315 e. The molecule has 1 atom stereocenters. The highest BCUT2D eigenvalue weighted by atomic mass is 16.5. The predicted molar refractivity (Wildman–Crippen MR) is 125 cm³/mol. The van der Waals surface area contributed by atoms with Crippen LogP contribution < -0.4 is 20.1 Å². The van der Waals surface area contributed by atoms with Crippen molar-refractivity contribution in [3.8, 4) is 11.5 Å². The van der Waals surface area contributed by atoms with E-state index in [2.05, 4.69) is 50.8 Å². The summed E-state index contributed by atoms with van der Waals surface area (Å²) in [5, 5.41) is 6.02. The number of hydrogen-bond donors (Lipinski definition) is 2. The second-order valence-electron chi connectivity index (χ2n) is 8.54. The molecule has 1 saturated heterocycles. The van der Waals surface area contributed by atoms with Crippen LogP contribution in [0, 0.1) is 0 Å². The number of benzene rings is 2. The second-order valence-corrected chi connectivity index (χ2v) is 8.54. The number of nitrogens with one attached hydrogen (secondary N) is 2. The van der Waals surface area contributed by atoms with Crippen LogP contribution in [0.4, 0.5) is 4.79 Å². The molecule has 2 N–H and O–H groups in total. The highest BCUT2D eigenvalue weighted by Gasteiger charge is 2.22. The lowest BCUT2D eigenvalue weighted by atomic mass is 10.0. The van der Waals surface area contributed by atoms with Gasteiger partial charge in [0.15, 0.2) is 0 Å². The zero-order valence-electron chi connectivity index (χ0n) is 18.9. The van der Waals surface area contributed by atoms with Crippen LogP contribution in [0.5, 0.6) is 11.5 Å². The van der Waals surface area contributed by atoms with E-state index in [1.807, 2.05) is 18.2 Å². The van der Waals surface area contributed by atoms with Crippen molar-refractivity contribution in [2.75, 3.05) is 53.0 Å². The SMILES string of the molecule is COc1ccc2c(c1)CC(NC(=O)NCCCN1CCN(Cc3ccccc3)CC1)CO2. The number of amides is 2. The van der Waals surface area contributed by atoms with E-state index in [1.165, 1.54) is 5.56 Å². The average molecular weight is 439 g/mol. The highest BCUT2D eigenvalue weighted by molar-refractivity contribution is 5.74. The Bertz CT molecular complexity index is 869. The summed E-state index contributed by atoms with van der Waals surface area (Å²) in [6, 6.07) is 16.3. The number of carbonyl (C=O) groups excluding carboxylic acids is 1. The van der Waals surface area contributed by atoms with Crippen LogP contribution in [0.3, 0.4) is 0 Å². The topological polar surface area (TPSA) is 66.1 Å². The van der Waals surface area contributed by atoms with Crippen LogP contribution in [0.1, 0.15) is 17.5 Å². The molecule has 7 nitrogen and oxygen atoms in total. The van der Waals surface area contributed by atoms with Gasteiger partial charge in [-0.3, -0.25) is 4.90 Å². The third kappa shape index (κ3) is 6.37. The van der Waals surface area contributed by atoms with E-state index in [1.54, 1.807) is 7.11 Å². The number of carbonyl (C=O) groups is 1. The van der Waals surface area contributed by atoms with Crippen molar-refractivity contribution in [1.82, 2.24) is 20.4 Å². The Labute approximate surface area is 190 Å². The van der Waals surface area contributed by atoms with Gasteiger partial charge in [0.2, 0.25) is 0 Å². The van der Waals surface area contributed by atoms with Gasteiger partial charge in [0, 0.05) is 39.3 Å². The van der Waals surface area contributed by atoms with E-state index >= 15 is 0 Å². The van der Waals surface area contributed by atoms with Gasteiger partial charge < -0.3 is 25.0 Å². The van der Waals surface area contributed by atoms with E-state index in [0.29, 0.717) is 13.2 Å². The van der Waals surface area contributed by atoms with E-state index in [-0.39, 0.29) is 12.1 Å². The summed E-state index contributed by atoms with van der Waals surface area (Å²) in [6.45, 7) is 7.56. The summed E-state index contributed by atoms with van der Waals surface area (Å²) >= 11 is 0. The van der Waals surface area contributed by atoms with Gasteiger partial charge in [-0.25, -0.2) is 4.79 Å². The molecule has 32 heavy (non-hydrogen) atoms. The first kappa shape index (κ1) is 22.4. The number of fused-ring (bicyclic) bond motifs is 1. The Hall–Kier alpha value is -2.77. The molecule has 0 aromatic heterocycles. The Kier molecular flexibility index (Phi) is 7.85. The first-order valence-electron chi connectivity index (χ1n) is 11.5. The molecular formula is C25H34N4O3. The average Bonchev–Trinajstić information content (AvgIpc) is 2.83. The van der Waals surface area contributed by atoms with Crippen LogP contribution in [0.2, 0.25) is 0 Å². The van der Waals surface area contributed by atoms with E-state index < -0.39 is 0 Å². The summed E-state index contributed by atoms with van der Waals surface area (Å²) in [7, 11) is 1.65. The van der Waals surface area contributed by atoms with Gasteiger partial charge in [-0.15, -0.1) is 0 Å². The number of urea groups is 1. The van der Waals surface area contributed by atoms with Gasteiger partial charge in [0.05, 0.1) is 13.2 Å². The molecule has 7 heteroatoms. The molecule has 172 valence electrons. The van der Waals surface area contributed by atoms with E-state index in [0.717, 1.165) is 69.2 Å². The summed E-state index contributed by atoms with van der Waals surface area (Å²) < 4.78 is 11.1. The van der Waals surface area contributed by atoms with Crippen LogP contribution in [-0.4, -0.2) is 74.9 Å². The highest BCUT2D eigenvalue weighted by Crippen LogP contribution is 2.28. The molecule has 4 rings (SSSR count). The van der Waals surface area contributed by atoms with Crippen molar-refractivity contribution in [2.24, 2.45) is 0 Å². The molecule has 2 aliphatic heterocycles. The number of rotatable bonds is 8. The van der Waals surface area contributed by atoms with Crippen LogP contribution in [0.25, 0.3) is 0 Å². The minimum absolute atomic E-state index is 0.0349. The fourth-order valence-electron chi connectivity index (χ4n) is 4.34. The summed E-state index contributed by atoms with van der Waals surface area (Å²) in [6.07, 6.45) is 1.69. The third-order valence-electron chi connectivity index (χ3n) is 6.16. The molecule has 1 unspecified atom stereocenters. The van der Waals surface area contributed by atoms with Gasteiger partial charge in [0.25, 0.3) is 0 Å². The quantitative estimate of drug-likeness (QED) is 0.620. The number of hydrogen-bond acceptors (Lipinski definition) is 5. The van der Waals surface area contributed by atoms with Crippen molar-refractivity contribution in [1.29, 1.82) is 0 Å². The predicted octanol–water partition coefficient (Wildman–Crippen LogP) is 2.51. The lowest BCUT2D eigenvalue weighted by Gasteiger charge is -2.34. The molecule has 0 radical (unpaired) electrons. The summed E-state index contributed by atoms with van der Waals surface area (Å²) in [5.41, 5.74) is 2.44. The van der Waals surface area contributed by atoms with Gasteiger partial charge in [-0.1, -0.05) is 30.3 Å². The third-order valence-corrected chi connectivity index (χ3v) is 6.16. The lowest BCUT2D eigenvalue weighted by Crippen LogP contribution is -2.48. The van der Waals surface area contributed by atoms with Crippen LogP contribution in [0.15, 0.2) is 48.5 Å². The van der Waals surface area contributed by atoms with Gasteiger partial charge >= 0.3 is 6.03 Å². The molecule has 2 aromatic rings. The molecule has 1 fully saturated rings. The standard InChI is InChI=1S/C25H34N4O3/c1-31-23-8-9-24-21(17-23)16-22(19-32-24)27-25(30)26-10-5-11-28-12-14-29(15-13-28)18-20-6-3-2-4-7-20/h2-4,6-9,17,22H,5,10-16,18-19H2,1H3,(H2,26,27,30). The number of nitrogens with zero attached hydrogens (tertiary/aromatic N) is 2. The lowest BCUT2D eigenvalue weighted by molar-refractivity contribution is 0.126. The molecular weight excluding hydrogens is 404 g/mol. The molecule has 0 spiro atoms. The molecule has 2 heterocycles. The maximum absolute atomic E-state index is 12.3. The molecule has 2 aliphatic rings. The molecule has 2 aromatic carbocycles. The van der Waals surface area contributed by atoms with E-state index in [9.17, 15) is 4.79 Å². The number of piperazine rings is 1. The van der Waals surface area contributed by atoms with Crippen molar-refractivity contribution < 1.29 is 14.3 Å². The second kappa shape index (κ2) is 11.2. The van der Waals surface area contributed by atoms with Gasteiger partial charge in [-0.2, -0.15) is 0 Å². The Balaban J connectivity index is 1.09. The monoisotopic (exact) mass is 438 g/mol. The van der Waals surface area contributed by atoms with E-state index in [4.69, 9.17) is 9.47 Å². The Morgan fingerprint density at radius 1 is 1.09 bits per heavy atom. The molecule has 2 amide bonds. The minimum atomic E-state index is -0.127. The van der Waals surface area contributed by atoms with Crippen LogP contribution in [-0.2, 0) is 13.0 Å². The fourth-order valence-corrected chi connectivity index (χ4v) is 4.34. The molecule has 0 aliphatic carbocycles. The normalized spacial score (nSPS) is 19.0. The summed E-state index contributed by atoms with van der Waals surface area (Å²) in [4.78, 5) is 17.3. The zero-order chi connectivity index (χ0) is 22.2. The van der Waals surface area contributed by atoms with Gasteiger partial charge in [0.1, 0.15) is 18.1 Å². The largest absolute Gasteiger partial charge is 0.497 e. The first-order valence-corrected chi connectivity index (χ1v) is 11.5. The molecule has 0 saturated carbocycles. The van der Waals surface area contributed by atoms with Crippen molar-refractivity contribution in [3.05, 3.63) is 59.7 Å². The van der Waals surface area contributed by atoms with Crippen LogP contribution >= 0.6 is 0 Å². The zero-order valence-corrected chi connectivity index (χ0v) is 18.9. The molecule has 0 bridgehead atoms. The van der Waals surface area contributed by atoms with Crippen molar-refractivity contribution >= 4 is 6.03 Å². The number of methoxy groups -OCH3 is 1. The Morgan fingerprint density at radius 3 is 2.66 bits per heavy atom. The fraction of sp³-hybridized carbons (Fsp3) is 0.480. The van der Waals surface area contributed by atoms with Crippen molar-refractivity contribution in [2.45, 2.75) is 25.4 Å². The maximum atomic E-state index is 12.3. The minimum Gasteiger partial charge on any atom is -0.497 e. The van der Waals surface area contributed by atoms with Gasteiger partial charge in [-0.05, 0) is 48.7 Å². The number of ether oxygens (including phenoxy) is 2.